The van der Waals surface area contributed by atoms with Gasteiger partial charge >= 0.3 is 0 Å². The lowest BCUT2D eigenvalue weighted by Crippen LogP contribution is -2.09. The summed E-state index contributed by atoms with van der Waals surface area (Å²) in [5.41, 5.74) is 1.11. The van der Waals surface area contributed by atoms with Gasteiger partial charge in [-0.15, -0.1) is 0 Å². The van der Waals surface area contributed by atoms with Gasteiger partial charge in [0.05, 0.1) is 26.4 Å². The molecule has 0 aliphatic heterocycles. The van der Waals surface area contributed by atoms with Gasteiger partial charge in [-0.1, -0.05) is 36.7 Å². The van der Waals surface area contributed by atoms with Gasteiger partial charge in [0.1, 0.15) is 0 Å². The quantitative estimate of drug-likeness (QED) is 0.431. The Morgan fingerprint density at radius 3 is 1.45 bits per heavy atom. The Morgan fingerprint density at radius 1 is 0.800 bits per heavy atom. The molecule has 0 bridgehead atoms. The van der Waals surface area contributed by atoms with Crippen LogP contribution in [0, 0.1) is 0 Å². The van der Waals surface area contributed by atoms with Crippen molar-refractivity contribution < 1.29 is 19.1 Å². The highest BCUT2D eigenvalue weighted by molar-refractivity contribution is 8.14. The van der Waals surface area contributed by atoms with Gasteiger partial charge in [-0.3, -0.25) is 9.59 Å². The Morgan fingerprint density at radius 2 is 1.15 bits per heavy atom. The third-order valence-corrected chi connectivity index (χ3v) is 3.95. The minimum Gasteiger partial charge on any atom is -0.378 e. The molecule has 0 saturated carbocycles. The van der Waals surface area contributed by atoms with E-state index in [0.29, 0.717) is 49.1 Å². The van der Waals surface area contributed by atoms with Crippen molar-refractivity contribution in [2.75, 3.05) is 37.9 Å². The van der Waals surface area contributed by atoms with E-state index in [1.54, 1.807) is 13.8 Å². The van der Waals surface area contributed by atoms with Crippen molar-refractivity contribution in [3.05, 3.63) is 24.3 Å². The van der Waals surface area contributed by atoms with Crippen LogP contribution in [0.25, 0.3) is 0 Å². The smallest absolute Gasteiger partial charge is 0.214 e. The fourth-order valence-electron chi connectivity index (χ4n) is 0.955. The zero-order chi connectivity index (χ0) is 15.4. The molecule has 114 valence electrons. The molecule has 0 aromatic heterocycles. The average molecular weight is 318 g/mol. The van der Waals surface area contributed by atoms with E-state index >= 15 is 0 Å². The first-order valence-corrected chi connectivity index (χ1v) is 8.23. The van der Waals surface area contributed by atoms with E-state index in [1.807, 2.05) is 0 Å². The number of hydrogen-bond acceptors (Lipinski definition) is 6. The molecule has 0 atom stereocenters. The van der Waals surface area contributed by atoms with Crippen LogP contribution in [0.1, 0.15) is 13.8 Å². The molecule has 0 aliphatic carbocycles. The summed E-state index contributed by atoms with van der Waals surface area (Å²) in [6.07, 6.45) is 0. The van der Waals surface area contributed by atoms with Gasteiger partial charge in [0.2, 0.25) is 10.2 Å². The second-order valence-corrected chi connectivity index (χ2v) is 6.19. The number of thioether (sulfide) groups is 2. The van der Waals surface area contributed by atoms with E-state index in [4.69, 9.17) is 9.47 Å². The van der Waals surface area contributed by atoms with Gasteiger partial charge in [0.25, 0.3) is 0 Å². The van der Waals surface area contributed by atoms with Gasteiger partial charge in [0, 0.05) is 11.5 Å². The monoisotopic (exact) mass is 318 g/mol. The highest BCUT2D eigenvalue weighted by Gasteiger charge is 2.03. The number of rotatable bonds is 11. The second-order valence-electron chi connectivity index (χ2n) is 4.06. The van der Waals surface area contributed by atoms with Crippen LogP contribution in [-0.4, -0.2) is 48.2 Å². The molecule has 0 aliphatic rings. The molecule has 0 N–H and O–H groups in total. The van der Waals surface area contributed by atoms with Gasteiger partial charge < -0.3 is 9.47 Å². The third-order valence-electron chi connectivity index (χ3n) is 1.99. The van der Waals surface area contributed by atoms with Crippen LogP contribution in [0.4, 0.5) is 0 Å². The molecule has 20 heavy (non-hydrogen) atoms. The first kappa shape index (κ1) is 19.4. The molecule has 0 rings (SSSR count). The first-order chi connectivity index (χ1) is 9.45. The molecule has 0 unspecified atom stereocenters. The molecule has 6 heteroatoms. The van der Waals surface area contributed by atoms with Crippen LogP contribution in [0.5, 0.6) is 0 Å². The Balaban J connectivity index is 3.25. The maximum absolute atomic E-state index is 11.2. The summed E-state index contributed by atoms with van der Waals surface area (Å²) in [5.74, 6) is 1.24. The van der Waals surface area contributed by atoms with Gasteiger partial charge in [-0.25, -0.2) is 0 Å². The van der Waals surface area contributed by atoms with E-state index < -0.39 is 0 Å². The fourth-order valence-corrected chi connectivity index (χ4v) is 2.22. The van der Waals surface area contributed by atoms with E-state index in [9.17, 15) is 9.59 Å². The average Bonchev–Trinajstić information content (AvgIpc) is 2.39. The number of hydrogen-bond donors (Lipinski definition) is 0. The SMILES string of the molecule is C=C(C)C(=O)SCCOCCOCCSC(=O)C(=C)C. The van der Waals surface area contributed by atoms with Crippen molar-refractivity contribution >= 4 is 33.8 Å². The predicted molar refractivity (Wildman–Crippen MR) is 86.2 cm³/mol. The van der Waals surface area contributed by atoms with Crippen molar-refractivity contribution in [1.82, 2.24) is 0 Å². The summed E-state index contributed by atoms with van der Waals surface area (Å²) in [4.78, 5) is 22.4. The van der Waals surface area contributed by atoms with Gasteiger partial charge in [0.15, 0.2) is 0 Å². The van der Waals surface area contributed by atoms with Crippen LogP contribution < -0.4 is 0 Å². The lowest BCUT2D eigenvalue weighted by Gasteiger charge is -2.05. The van der Waals surface area contributed by atoms with Crippen molar-refractivity contribution in [2.45, 2.75) is 13.8 Å². The van der Waals surface area contributed by atoms with Crippen LogP contribution in [0.2, 0.25) is 0 Å². The largest absolute Gasteiger partial charge is 0.378 e. The molecular weight excluding hydrogens is 296 g/mol. The van der Waals surface area contributed by atoms with Crippen LogP contribution in [-0.2, 0) is 19.1 Å². The highest BCUT2D eigenvalue weighted by Crippen LogP contribution is 2.08. The summed E-state index contributed by atoms with van der Waals surface area (Å²) >= 11 is 2.42. The van der Waals surface area contributed by atoms with E-state index in [1.165, 1.54) is 23.5 Å². The minimum absolute atomic E-state index is 0.00375. The van der Waals surface area contributed by atoms with E-state index in [-0.39, 0.29) is 10.2 Å². The summed E-state index contributed by atoms with van der Waals surface area (Å²) in [5, 5.41) is 0.00751. The van der Waals surface area contributed by atoms with E-state index in [2.05, 4.69) is 13.2 Å². The zero-order valence-electron chi connectivity index (χ0n) is 12.1. The summed E-state index contributed by atoms with van der Waals surface area (Å²) in [6.45, 7) is 12.5. The van der Waals surface area contributed by atoms with Crippen molar-refractivity contribution in [3.8, 4) is 0 Å². The summed E-state index contributed by atoms with van der Waals surface area (Å²) in [6, 6.07) is 0. The Kier molecular flexibility index (Phi) is 11.9. The van der Waals surface area contributed by atoms with Crippen LogP contribution in [0.3, 0.4) is 0 Å². The predicted octanol–water partition coefficient (Wildman–Crippen LogP) is 2.69. The summed E-state index contributed by atoms with van der Waals surface area (Å²) < 4.78 is 10.6. The molecule has 0 saturated heterocycles. The minimum atomic E-state index is 0.00375. The third kappa shape index (κ3) is 11.3. The number of ether oxygens (including phenoxy) is 2. The van der Waals surface area contributed by atoms with Gasteiger partial charge in [-0.05, 0) is 25.0 Å². The Bertz CT molecular complexity index is 319. The Hall–Kier alpha value is -0.560. The molecule has 0 amide bonds. The molecule has 0 fully saturated rings. The molecule has 0 aromatic carbocycles. The lowest BCUT2D eigenvalue weighted by atomic mass is 10.4. The maximum Gasteiger partial charge on any atom is 0.214 e. The van der Waals surface area contributed by atoms with Crippen LogP contribution in [0.15, 0.2) is 24.3 Å². The molecule has 0 spiro atoms. The standard InChI is InChI=1S/C14H22O4S2/c1-11(2)13(15)19-9-7-17-5-6-18-8-10-20-14(16)12(3)4/h1,3,5-10H2,2,4H3. The number of carbonyl (C=O) groups is 2. The summed E-state index contributed by atoms with van der Waals surface area (Å²) in [7, 11) is 0. The lowest BCUT2D eigenvalue weighted by molar-refractivity contribution is -0.108. The second kappa shape index (κ2) is 12.2. The van der Waals surface area contributed by atoms with Crippen molar-refractivity contribution in [1.29, 1.82) is 0 Å². The maximum atomic E-state index is 11.2. The first-order valence-electron chi connectivity index (χ1n) is 6.26. The van der Waals surface area contributed by atoms with Gasteiger partial charge in [-0.2, -0.15) is 0 Å². The van der Waals surface area contributed by atoms with Crippen molar-refractivity contribution in [2.24, 2.45) is 0 Å². The molecule has 4 nitrogen and oxygen atoms in total. The molecule has 0 heterocycles. The molecule has 0 aromatic rings. The Labute approximate surface area is 129 Å². The fraction of sp³-hybridized carbons (Fsp3) is 0.571. The topological polar surface area (TPSA) is 52.6 Å². The van der Waals surface area contributed by atoms with E-state index in [0.717, 1.165) is 0 Å². The number of carbonyl (C=O) groups excluding carboxylic acids is 2. The zero-order valence-corrected chi connectivity index (χ0v) is 13.7. The highest BCUT2D eigenvalue weighted by atomic mass is 32.2. The van der Waals surface area contributed by atoms with Crippen LogP contribution >= 0.6 is 23.5 Å². The molecular formula is C14H22O4S2. The van der Waals surface area contributed by atoms with Crippen molar-refractivity contribution in [3.63, 3.8) is 0 Å². The normalized spacial score (nSPS) is 10.3. The molecule has 0 radical (unpaired) electrons.